The van der Waals surface area contributed by atoms with Crippen LogP contribution in [0.4, 0.5) is 0 Å². The lowest BCUT2D eigenvalue weighted by Gasteiger charge is -2.11. The summed E-state index contributed by atoms with van der Waals surface area (Å²) in [6.45, 7) is 8.42. The van der Waals surface area contributed by atoms with Crippen LogP contribution in [-0.2, 0) is 6.54 Å². The van der Waals surface area contributed by atoms with Gasteiger partial charge in [-0.2, -0.15) is 0 Å². The summed E-state index contributed by atoms with van der Waals surface area (Å²) in [4.78, 5) is 0. The number of para-hydroxylation sites is 1. The average molecular weight is 261 g/mol. The third-order valence-corrected chi connectivity index (χ3v) is 3.08. The van der Waals surface area contributed by atoms with E-state index in [1.807, 2.05) is 12.1 Å². The quantitative estimate of drug-likeness (QED) is 0.473. The molecule has 0 aliphatic rings. The highest BCUT2D eigenvalue weighted by molar-refractivity contribution is 5.33. The molecule has 1 aromatic carbocycles. The molecule has 0 aromatic heterocycles. The lowest BCUT2D eigenvalue weighted by molar-refractivity contribution is 0.301. The van der Waals surface area contributed by atoms with Crippen molar-refractivity contribution in [2.24, 2.45) is 0 Å². The number of hydrogen-bond acceptors (Lipinski definition) is 2. The minimum absolute atomic E-state index is 0.822. The van der Waals surface area contributed by atoms with Crippen LogP contribution in [0.5, 0.6) is 5.75 Å². The third kappa shape index (κ3) is 7.02. The molecular weight excluding hydrogens is 234 g/mol. The number of benzene rings is 1. The van der Waals surface area contributed by atoms with E-state index < -0.39 is 0 Å². The lowest BCUT2D eigenvalue weighted by atomic mass is 10.1. The highest BCUT2D eigenvalue weighted by atomic mass is 16.5. The van der Waals surface area contributed by atoms with Crippen LogP contribution < -0.4 is 10.1 Å². The monoisotopic (exact) mass is 261 g/mol. The summed E-state index contributed by atoms with van der Waals surface area (Å²) in [6.07, 6.45) is 8.24. The first-order valence-electron chi connectivity index (χ1n) is 7.40. The van der Waals surface area contributed by atoms with Crippen LogP contribution in [0.2, 0.25) is 0 Å². The van der Waals surface area contributed by atoms with E-state index in [0.29, 0.717) is 0 Å². The van der Waals surface area contributed by atoms with Crippen molar-refractivity contribution < 1.29 is 4.74 Å². The molecule has 2 nitrogen and oxygen atoms in total. The van der Waals surface area contributed by atoms with Crippen molar-refractivity contribution in [1.82, 2.24) is 5.32 Å². The van der Waals surface area contributed by atoms with E-state index in [1.165, 1.54) is 31.2 Å². The van der Waals surface area contributed by atoms with Gasteiger partial charge in [-0.1, -0.05) is 56.9 Å². The van der Waals surface area contributed by atoms with Gasteiger partial charge in [0.05, 0.1) is 6.61 Å². The van der Waals surface area contributed by atoms with E-state index in [2.05, 4.69) is 37.0 Å². The van der Waals surface area contributed by atoms with Gasteiger partial charge in [-0.05, 0) is 12.5 Å². The fourth-order valence-corrected chi connectivity index (χ4v) is 1.99. The normalized spacial score (nSPS) is 10.4. The zero-order chi connectivity index (χ0) is 13.8. The maximum Gasteiger partial charge on any atom is 0.123 e. The first-order valence-corrected chi connectivity index (χ1v) is 7.40. The molecule has 1 rings (SSSR count). The van der Waals surface area contributed by atoms with Crippen LogP contribution in [0.25, 0.3) is 0 Å². The summed E-state index contributed by atoms with van der Waals surface area (Å²) in [7, 11) is 0. The van der Waals surface area contributed by atoms with Gasteiger partial charge >= 0.3 is 0 Å². The molecule has 2 heteroatoms. The van der Waals surface area contributed by atoms with Gasteiger partial charge in [0.1, 0.15) is 5.75 Å². The van der Waals surface area contributed by atoms with Gasteiger partial charge in [-0.25, -0.2) is 0 Å². The second kappa shape index (κ2) is 10.6. The van der Waals surface area contributed by atoms with Gasteiger partial charge in [0, 0.05) is 18.7 Å². The molecule has 1 aromatic rings. The summed E-state index contributed by atoms with van der Waals surface area (Å²) < 4.78 is 5.88. The molecule has 0 bridgehead atoms. The van der Waals surface area contributed by atoms with Gasteiger partial charge in [-0.15, -0.1) is 6.58 Å². The summed E-state index contributed by atoms with van der Waals surface area (Å²) in [5.41, 5.74) is 1.22. The molecule has 0 atom stereocenters. The van der Waals surface area contributed by atoms with Gasteiger partial charge in [0.2, 0.25) is 0 Å². The Hall–Kier alpha value is -1.28. The fourth-order valence-electron chi connectivity index (χ4n) is 1.99. The van der Waals surface area contributed by atoms with Gasteiger partial charge < -0.3 is 10.1 Å². The highest BCUT2D eigenvalue weighted by Crippen LogP contribution is 2.18. The van der Waals surface area contributed by atoms with Crippen LogP contribution in [0.1, 0.15) is 44.6 Å². The first-order chi connectivity index (χ1) is 9.38. The van der Waals surface area contributed by atoms with Crippen molar-refractivity contribution >= 4 is 0 Å². The number of hydrogen-bond donors (Lipinski definition) is 1. The van der Waals surface area contributed by atoms with Crippen molar-refractivity contribution in [3.8, 4) is 5.75 Å². The number of unbranched alkanes of at least 4 members (excludes halogenated alkanes) is 4. The Kier molecular flexibility index (Phi) is 8.82. The number of rotatable bonds is 11. The molecule has 0 aliphatic heterocycles. The van der Waals surface area contributed by atoms with Crippen molar-refractivity contribution in [3.63, 3.8) is 0 Å². The molecule has 0 saturated heterocycles. The fraction of sp³-hybridized carbons (Fsp3) is 0.529. The molecule has 0 fully saturated rings. The molecular formula is C17H27NO. The maximum atomic E-state index is 5.88. The summed E-state index contributed by atoms with van der Waals surface area (Å²) in [5, 5.41) is 3.31. The van der Waals surface area contributed by atoms with Crippen LogP contribution in [0, 0.1) is 0 Å². The van der Waals surface area contributed by atoms with Gasteiger partial charge in [0.25, 0.3) is 0 Å². The Balaban J connectivity index is 2.29. The van der Waals surface area contributed by atoms with Crippen molar-refractivity contribution in [2.45, 2.75) is 45.6 Å². The predicted octanol–water partition coefficient (Wildman–Crippen LogP) is 4.31. The Morgan fingerprint density at radius 3 is 2.74 bits per heavy atom. The predicted molar refractivity (Wildman–Crippen MR) is 82.6 cm³/mol. The summed E-state index contributed by atoms with van der Waals surface area (Å²) >= 11 is 0. The summed E-state index contributed by atoms with van der Waals surface area (Å²) in [6, 6.07) is 8.25. The molecule has 0 radical (unpaired) electrons. The summed E-state index contributed by atoms with van der Waals surface area (Å²) in [5.74, 6) is 1.01. The third-order valence-electron chi connectivity index (χ3n) is 3.08. The second-order valence-corrected chi connectivity index (χ2v) is 4.79. The van der Waals surface area contributed by atoms with E-state index in [9.17, 15) is 0 Å². The van der Waals surface area contributed by atoms with E-state index in [0.717, 1.165) is 31.9 Å². The Labute approximate surface area is 117 Å². The Bertz CT molecular complexity index is 349. The molecule has 1 N–H and O–H groups in total. The smallest absolute Gasteiger partial charge is 0.123 e. The topological polar surface area (TPSA) is 21.3 Å². The molecule has 106 valence electrons. The molecule has 19 heavy (non-hydrogen) atoms. The largest absolute Gasteiger partial charge is 0.493 e. The molecule has 0 spiro atoms. The van der Waals surface area contributed by atoms with Crippen LogP contribution in [-0.4, -0.2) is 13.2 Å². The molecule has 0 saturated carbocycles. The van der Waals surface area contributed by atoms with Crippen molar-refractivity contribution in [3.05, 3.63) is 42.5 Å². The maximum absolute atomic E-state index is 5.88. The standard InChI is InChI=1S/C17H27NO/c1-3-5-6-7-10-14-19-17-12-9-8-11-16(17)15-18-13-4-2/h4,8-9,11-12,18H,2-3,5-7,10,13-15H2,1H3. The number of ether oxygens (including phenoxy) is 1. The van der Waals surface area contributed by atoms with Crippen molar-refractivity contribution in [2.75, 3.05) is 13.2 Å². The molecule has 0 unspecified atom stereocenters. The van der Waals surface area contributed by atoms with Crippen LogP contribution in [0.3, 0.4) is 0 Å². The zero-order valence-electron chi connectivity index (χ0n) is 12.2. The van der Waals surface area contributed by atoms with Crippen LogP contribution >= 0.6 is 0 Å². The van der Waals surface area contributed by atoms with Gasteiger partial charge in [-0.3, -0.25) is 0 Å². The Morgan fingerprint density at radius 1 is 1.16 bits per heavy atom. The number of nitrogens with one attached hydrogen (secondary N) is 1. The average Bonchev–Trinajstić information content (AvgIpc) is 2.44. The van der Waals surface area contributed by atoms with E-state index in [1.54, 1.807) is 0 Å². The van der Waals surface area contributed by atoms with Gasteiger partial charge in [0.15, 0.2) is 0 Å². The first kappa shape index (κ1) is 15.8. The lowest BCUT2D eigenvalue weighted by Crippen LogP contribution is -2.13. The van der Waals surface area contributed by atoms with E-state index in [-0.39, 0.29) is 0 Å². The minimum atomic E-state index is 0.822. The van der Waals surface area contributed by atoms with Crippen molar-refractivity contribution in [1.29, 1.82) is 0 Å². The SMILES string of the molecule is C=CCNCc1ccccc1OCCCCCCC. The van der Waals surface area contributed by atoms with E-state index >= 15 is 0 Å². The van der Waals surface area contributed by atoms with Crippen LogP contribution in [0.15, 0.2) is 36.9 Å². The molecule has 0 heterocycles. The highest BCUT2D eigenvalue weighted by Gasteiger charge is 2.01. The van der Waals surface area contributed by atoms with E-state index in [4.69, 9.17) is 4.74 Å². The minimum Gasteiger partial charge on any atom is -0.493 e. The second-order valence-electron chi connectivity index (χ2n) is 4.79. The Morgan fingerprint density at radius 2 is 1.95 bits per heavy atom. The zero-order valence-corrected chi connectivity index (χ0v) is 12.2. The molecule has 0 amide bonds. The molecule has 0 aliphatic carbocycles.